The molecule has 0 amide bonds. The Morgan fingerprint density at radius 1 is 1.43 bits per heavy atom. The molecule has 0 fully saturated rings. The molecular formula is C11H23NO2. The van der Waals surface area contributed by atoms with Gasteiger partial charge >= 0.3 is 5.97 Å². The van der Waals surface area contributed by atoms with Gasteiger partial charge in [-0.15, -0.1) is 0 Å². The fourth-order valence-electron chi connectivity index (χ4n) is 0.989. The van der Waals surface area contributed by atoms with Crippen molar-refractivity contribution in [2.75, 3.05) is 13.1 Å². The maximum absolute atomic E-state index is 10.2. The monoisotopic (exact) mass is 201 g/mol. The molecule has 0 aromatic rings. The Kier molecular flexibility index (Phi) is 5.77. The van der Waals surface area contributed by atoms with E-state index in [0.717, 1.165) is 13.1 Å². The number of carboxylic acids is 1. The van der Waals surface area contributed by atoms with Crippen molar-refractivity contribution in [1.29, 1.82) is 0 Å². The molecule has 0 spiro atoms. The Balaban J connectivity index is 3.41. The third-order valence-corrected chi connectivity index (χ3v) is 2.67. The second-order valence-electron chi connectivity index (χ2n) is 4.97. The van der Waals surface area contributed by atoms with Crippen LogP contribution in [0, 0.1) is 11.3 Å². The van der Waals surface area contributed by atoms with Gasteiger partial charge in [-0.25, -0.2) is 0 Å². The molecule has 84 valence electrons. The van der Waals surface area contributed by atoms with E-state index in [4.69, 9.17) is 5.11 Å². The summed E-state index contributed by atoms with van der Waals surface area (Å²) in [6.45, 7) is 10.6. The molecule has 0 rings (SSSR count). The normalized spacial score (nSPS) is 14.0. The molecule has 0 radical (unpaired) electrons. The van der Waals surface area contributed by atoms with Crippen LogP contribution in [0.15, 0.2) is 0 Å². The maximum atomic E-state index is 10.2. The summed E-state index contributed by atoms with van der Waals surface area (Å²) in [5.41, 5.74) is 0.319. The molecular weight excluding hydrogens is 178 g/mol. The molecule has 2 N–H and O–H groups in total. The minimum Gasteiger partial charge on any atom is -0.481 e. The smallest absolute Gasteiger partial charge is 0.303 e. The molecule has 0 aliphatic heterocycles. The van der Waals surface area contributed by atoms with Crippen molar-refractivity contribution in [3.05, 3.63) is 0 Å². The Labute approximate surface area is 86.9 Å². The standard InChI is InChI=1S/C11H23NO2/c1-9(11(2,3)4)8-12-7-5-6-10(13)14/h9,12H,5-8H2,1-4H3,(H,13,14). The first-order chi connectivity index (χ1) is 6.34. The zero-order valence-electron chi connectivity index (χ0n) is 9.76. The van der Waals surface area contributed by atoms with Crippen LogP contribution in [0.3, 0.4) is 0 Å². The van der Waals surface area contributed by atoms with Gasteiger partial charge in [0.15, 0.2) is 0 Å². The van der Waals surface area contributed by atoms with Crippen LogP contribution in [0.1, 0.15) is 40.5 Å². The quantitative estimate of drug-likeness (QED) is 0.647. The summed E-state index contributed by atoms with van der Waals surface area (Å²) >= 11 is 0. The molecule has 0 aliphatic rings. The fraction of sp³-hybridized carbons (Fsp3) is 0.909. The van der Waals surface area contributed by atoms with E-state index in [9.17, 15) is 4.79 Å². The Hall–Kier alpha value is -0.570. The van der Waals surface area contributed by atoms with Crippen molar-refractivity contribution in [2.45, 2.75) is 40.5 Å². The number of hydrogen-bond acceptors (Lipinski definition) is 2. The van der Waals surface area contributed by atoms with Crippen LogP contribution in [0.5, 0.6) is 0 Å². The molecule has 0 saturated carbocycles. The SMILES string of the molecule is CC(CNCCCC(=O)O)C(C)(C)C. The van der Waals surface area contributed by atoms with E-state index in [2.05, 4.69) is 33.0 Å². The summed E-state index contributed by atoms with van der Waals surface area (Å²) in [5, 5.41) is 11.7. The maximum Gasteiger partial charge on any atom is 0.303 e. The summed E-state index contributed by atoms with van der Waals surface area (Å²) in [7, 11) is 0. The Morgan fingerprint density at radius 2 is 2.00 bits per heavy atom. The highest BCUT2D eigenvalue weighted by molar-refractivity contribution is 5.66. The molecule has 14 heavy (non-hydrogen) atoms. The van der Waals surface area contributed by atoms with E-state index in [1.165, 1.54) is 0 Å². The lowest BCUT2D eigenvalue weighted by Gasteiger charge is -2.27. The lowest BCUT2D eigenvalue weighted by molar-refractivity contribution is -0.137. The third kappa shape index (κ3) is 6.89. The highest BCUT2D eigenvalue weighted by atomic mass is 16.4. The van der Waals surface area contributed by atoms with Crippen molar-refractivity contribution in [3.63, 3.8) is 0 Å². The summed E-state index contributed by atoms with van der Waals surface area (Å²) in [6.07, 6.45) is 0.975. The molecule has 0 aliphatic carbocycles. The van der Waals surface area contributed by atoms with Crippen LogP contribution < -0.4 is 5.32 Å². The van der Waals surface area contributed by atoms with E-state index in [-0.39, 0.29) is 6.42 Å². The Morgan fingerprint density at radius 3 is 2.43 bits per heavy atom. The molecule has 0 aromatic carbocycles. The van der Waals surface area contributed by atoms with Gasteiger partial charge in [0.05, 0.1) is 0 Å². The molecule has 1 unspecified atom stereocenters. The van der Waals surface area contributed by atoms with Crippen LogP contribution in [-0.2, 0) is 4.79 Å². The summed E-state index contributed by atoms with van der Waals surface area (Å²) in [4.78, 5) is 10.2. The zero-order valence-corrected chi connectivity index (χ0v) is 9.76. The van der Waals surface area contributed by atoms with Gasteiger partial charge in [-0.1, -0.05) is 27.7 Å². The van der Waals surface area contributed by atoms with Gasteiger partial charge in [-0.2, -0.15) is 0 Å². The number of carboxylic acid groups (broad SMARTS) is 1. The zero-order chi connectivity index (χ0) is 11.2. The van der Waals surface area contributed by atoms with E-state index < -0.39 is 5.97 Å². The van der Waals surface area contributed by atoms with Crippen LogP contribution in [-0.4, -0.2) is 24.2 Å². The van der Waals surface area contributed by atoms with Crippen LogP contribution in [0.4, 0.5) is 0 Å². The minimum absolute atomic E-state index is 0.261. The lowest BCUT2D eigenvalue weighted by atomic mass is 9.82. The number of hydrogen-bond donors (Lipinski definition) is 2. The van der Waals surface area contributed by atoms with Gasteiger partial charge in [0.25, 0.3) is 0 Å². The van der Waals surface area contributed by atoms with Gasteiger partial charge in [-0.05, 0) is 30.8 Å². The summed E-state index contributed by atoms with van der Waals surface area (Å²) in [5.74, 6) is -0.108. The van der Waals surface area contributed by atoms with Gasteiger partial charge in [0, 0.05) is 6.42 Å². The molecule has 3 heteroatoms. The average molecular weight is 201 g/mol. The van der Waals surface area contributed by atoms with Gasteiger partial charge in [-0.3, -0.25) is 4.79 Å². The van der Waals surface area contributed by atoms with Gasteiger partial charge < -0.3 is 10.4 Å². The van der Waals surface area contributed by atoms with Crippen molar-refractivity contribution in [1.82, 2.24) is 5.32 Å². The van der Waals surface area contributed by atoms with Crippen LogP contribution in [0.2, 0.25) is 0 Å². The first-order valence-electron chi connectivity index (χ1n) is 5.26. The largest absolute Gasteiger partial charge is 0.481 e. The predicted octanol–water partition coefficient (Wildman–Crippen LogP) is 2.12. The number of rotatable bonds is 6. The Bertz CT molecular complexity index is 173. The predicted molar refractivity (Wildman–Crippen MR) is 58.4 cm³/mol. The summed E-state index contributed by atoms with van der Waals surface area (Å²) < 4.78 is 0. The highest BCUT2D eigenvalue weighted by Crippen LogP contribution is 2.24. The van der Waals surface area contributed by atoms with E-state index >= 15 is 0 Å². The highest BCUT2D eigenvalue weighted by Gasteiger charge is 2.18. The van der Waals surface area contributed by atoms with E-state index in [1.807, 2.05) is 0 Å². The number of aliphatic carboxylic acids is 1. The molecule has 3 nitrogen and oxygen atoms in total. The minimum atomic E-state index is -0.712. The topological polar surface area (TPSA) is 49.3 Å². The molecule has 0 saturated heterocycles. The molecule has 0 aromatic heterocycles. The van der Waals surface area contributed by atoms with E-state index in [0.29, 0.717) is 17.8 Å². The van der Waals surface area contributed by atoms with Gasteiger partial charge in [0.1, 0.15) is 0 Å². The molecule has 0 heterocycles. The first kappa shape index (κ1) is 13.4. The van der Waals surface area contributed by atoms with Crippen molar-refractivity contribution < 1.29 is 9.90 Å². The average Bonchev–Trinajstić information content (AvgIpc) is 2.01. The summed E-state index contributed by atoms with van der Waals surface area (Å²) in [6, 6.07) is 0. The second kappa shape index (κ2) is 6.02. The second-order valence-corrected chi connectivity index (χ2v) is 4.97. The van der Waals surface area contributed by atoms with Crippen LogP contribution in [0.25, 0.3) is 0 Å². The lowest BCUT2D eigenvalue weighted by Crippen LogP contribution is -2.30. The molecule has 0 bridgehead atoms. The fourth-order valence-corrected chi connectivity index (χ4v) is 0.989. The van der Waals surface area contributed by atoms with Crippen LogP contribution >= 0.6 is 0 Å². The van der Waals surface area contributed by atoms with Crippen molar-refractivity contribution >= 4 is 5.97 Å². The first-order valence-corrected chi connectivity index (χ1v) is 5.26. The molecule has 1 atom stereocenters. The number of nitrogens with one attached hydrogen (secondary N) is 1. The van der Waals surface area contributed by atoms with Crippen molar-refractivity contribution in [2.24, 2.45) is 11.3 Å². The third-order valence-electron chi connectivity index (χ3n) is 2.67. The van der Waals surface area contributed by atoms with Gasteiger partial charge in [0.2, 0.25) is 0 Å². The van der Waals surface area contributed by atoms with Crippen molar-refractivity contribution in [3.8, 4) is 0 Å². The van der Waals surface area contributed by atoms with E-state index in [1.54, 1.807) is 0 Å². The number of carbonyl (C=O) groups is 1.